The topological polar surface area (TPSA) is 93.5 Å². The van der Waals surface area contributed by atoms with Crippen LogP contribution in [0.15, 0.2) is 35.7 Å². The monoisotopic (exact) mass is 431 g/mol. The highest BCUT2D eigenvalue weighted by atomic mass is 15.3. The van der Waals surface area contributed by atoms with E-state index >= 15 is 0 Å². The number of rotatable bonds is 4. The molecule has 0 amide bonds. The van der Waals surface area contributed by atoms with E-state index in [1.54, 1.807) is 0 Å². The second kappa shape index (κ2) is 7.96. The Hall–Kier alpha value is -2.80. The van der Waals surface area contributed by atoms with Crippen LogP contribution in [0.25, 0.3) is 16.6 Å². The van der Waals surface area contributed by atoms with Crippen LogP contribution in [0.3, 0.4) is 0 Å². The number of fused-ring (bicyclic) bond motifs is 2. The molecule has 1 saturated carbocycles. The lowest BCUT2D eigenvalue weighted by atomic mass is 9.70. The largest absolute Gasteiger partial charge is 0.350 e. The SMILES string of the molecule is CC1=Nc2ncc(-c3ccn4nc(NC5CCC(N)CC5)ncc34)cc2C[C@@]1(C)C(C)C. The summed E-state index contributed by atoms with van der Waals surface area (Å²) in [7, 11) is 0. The number of hydrogen-bond acceptors (Lipinski definition) is 6. The first-order chi connectivity index (χ1) is 15.3. The van der Waals surface area contributed by atoms with Crippen molar-refractivity contribution in [2.75, 3.05) is 5.32 Å². The molecule has 3 aromatic rings. The molecule has 7 nitrogen and oxygen atoms in total. The quantitative estimate of drug-likeness (QED) is 0.620. The van der Waals surface area contributed by atoms with Gasteiger partial charge in [-0.25, -0.2) is 19.5 Å². The molecule has 3 aromatic heterocycles. The molecule has 3 N–H and O–H groups in total. The molecule has 168 valence electrons. The minimum absolute atomic E-state index is 0.0584. The van der Waals surface area contributed by atoms with E-state index < -0.39 is 0 Å². The summed E-state index contributed by atoms with van der Waals surface area (Å²) < 4.78 is 1.90. The third-order valence-corrected chi connectivity index (χ3v) is 7.71. The number of nitrogens with zero attached hydrogens (tertiary/aromatic N) is 5. The van der Waals surface area contributed by atoms with Gasteiger partial charge in [0, 0.05) is 46.7 Å². The van der Waals surface area contributed by atoms with E-state index in [2.05, 4.69) is 50.1 Å². The summed E-state index contributed by atoms with van der Waals surface area (Å²) in [4.78, 5) is 14.1. The van der Waals surface area contributed by atoms with Gasteiger partial charge in [-0.3, -0.25) is 0 Å². The van der Waals surface area contributed by atoms with Crippen LogP contribution in [0.5, 0.6) is 0 Å². The smallest absolute Gasteiger partial charge is 0.241 e. The summed E-state index contributed by atoms with van der Waals surface area (Å²) in [5.74, 6) is 2.03. The van der Waals surface area contributed by atoms with Gasteiger partial charge in [0.25, 0.3) is 0 Å². The predicted octanol–water partition coefficient (Wildman–Crippen LogP) is 4.78. The van der Waals surface area contributed by atoms with E-state index in [9.17, 15) is 0 Å². The fraction of sp³-hybridized carbons (Fsp3) is 0.520. The average molecular weight is 432 g/mol. The van der Waals surface area contributed by atoms with E-state index in [1.807, 2.05) is 23.1 Å². The van der Waals surface area contributed by atoms with E-state index in [-0.39, 0.29) is 5.41 Å². The molecule has 4 heterocycles. The number of nitrogens with two attached hydrogens (primary N) is 1. The molecule has 5 rings (SSSR count). The zero-order chi connectivity index (χ0) is 22.5. The third-order valence-electron chi connectivity index (χ3n) is 7.71. The fourth-order valence-electron chi connectivity index (χ4n) is 4.97. The molecule has 1 aliphatic carbocycles. The molecule has 0 spiro atoms. The fourth-order valence-corrected chi connectivity index (χ4v) is 4.97. The van der Waals surface area contributed by atoms with Crippen molar-refractivity contribution in [2.24, 2.45) is 22.1 Å². The number of anilines is 1. The van der Waals surface area contributed by atoms with Gasteiger partial charge in [0.1, 0.15) is 0 Å². The normalized spacial score (nSPS) is 25.6. The van der Waals surface area contributed by atoms with Crippen molar-refractivity contribution >= 4 is 23.0 Å². The first-order valence-corrected chi connectivity index (χ1v) is 11.7. The van der Waals surface area contributed by atoms with Gasteiger partial charge in [-0.05, 0) is 62.6 Å². The molecule has 32 heavy (non-hydrogen) atoms. The van der Waals surface area contributed by atoms with Crippen LogP contribution in [0.2, 0.25) is 0 Å². The Bertz CT molecular complexity index is 1170. The maximum absolute atomic E-state index is 6.03. The van der Waals surface area contributed by atoms with Gasteiger partial charge in [-0.1, -0.05) is 20.8 Å². The molecule has 1 atom stereocenters. The summed E-state index contributed by atoms with van der Waals surface area (Å²) in [6, 6.07) is 5.06. The minimum atomic E-state index is 0.0584. The molecule has 0 unspecified atom stereocenters. The molecular formula is C25H33N7. The highest BCUT2D eigenvalue weighted by Gasteiger charge is 2.36. The molecule has 7 heteroatoms. The first-order valence-electron chi connectivity index (χ1n) is 11.7. The molecule has 0 saturated heterocycles. The second-order valence-corrected chi connectivity index (χ2v) is 10.0. The molecule has 0 aromatic carbocycles. The molecule has 2 aliphatic rings. The number of nitrogens with one attached hydrogen (secondary N) is 1. The second-order valence-electron chi connectivity index (χ2n) is 10.0. The summed E-state index contributed by atoms with van der Waals surface area (Å²) >= 11 is 0. The zero-order valence-electron chi connectivity index (χ0n) is 19.5. The van der Waals surface area contributed by atoms with E-state index in [4.69, 9.17) is 20.8 Å². The van der Waals surface area contributed by atoms with Crippen LogP contribution in [-0.4, -0.2) is 37.4 Å². The highest BCUT2D eigenvalue weighted by molar-refractivity contribution is 5.92. The van der Waals surface area contributed by atoms with Gasteiger partial charge in [-0.2, -0.15) is 0 Å². The maximum atomic E-state index is 6.03. The van der Waals surface area contributed by atoms with Crippen LogP contribution in [0.1, 0.15) is 58.9 Å². The summed E-state index contributed by atoms with van der Waals surface area (Å²) in [6.45, 7) is 8.98. The third kappa shape index (κ3) is 3.68. The van der Waals surface area contributed by atoms with Crippen LogP contribution < -0.4 is 11.1 Å². The molecule has 0 radical (unpaired) electrons. The van der Waals surface area contributed by atoms with Gasteiger partial charge < -0.3 is 11.1 Å². The van der Waals surface area contributed by atoms with Gasteiger partial charge in [-0.15, -0.1) is 5.10 Å². The number of aliphatic imine (C=N–C) groups is 1. The zero-order valence-corrected chi connectivity index (χ0v) is 19.5. The van der Waals surface area contributed by atoms with E-state index in [0.29, 0.717) is 23.9 Å². The lowest BCUT2D eigenvalue weighted by molar-refractivity contribution is 0.321. The highest BCUT2D eigenvalue weighted by Crippen LogP contribution is 2.41. The Kier molecular flexibility index (Phi) is 5.24. The Morgan fingerprint density at radius 3 is 2.69 bits per heavy atom. The van der Waals surface area contributed by atoms with Crippen LogP contribution in [-0.2, 0) is 6.42 Å². The van der Waals surface area contributed by atoms with Crippen LogP contribution >= 0.6 is 0 Å². The number of hydrogen-bond donors (Lipinski definition) is 2. The molecular weight excluding hydrogens is 398 g/mol. The first kappa shape index (κ1) is 21.1. The minimum Gasteiger partial charge on any atom is -0.350 e. The van der Waals surface area contributed by atoms with E-state index in [0.717, 1.165) is 54.6 Å². The lowest BCUT2D eigenvalue weighted by Gasteiger charge is -2.37. The van der Waals surface area contributed by atoms with Gasteiger partial charge in [0.15, 0.2) is 5.82 Å². The van der Waals surface area contributed by atoms with Crippen molar-refractivity contribution in [3.63, 3.8) is 0 Å². The Morgan fingerprint density at radius 1 is 1.16 bits per heavy atom. The standard InChI is InChI=1S/C25H33N7/c1-15(2)25(4)12-17-11-18(13-27-23(17)29-16(25)3)21-9-10-32-22(21)14-28-24(31-32)30-20-7-5-19(26)6-8-20/h9-11,13-15,19-20H,5-8,12,26H2,1-4H3,(H,30,31)/t19?,20?,25-/m0/s1. The summed E-state index contributed by atoms with van der Waals surface area (Å²) in [5.41, 5.74) is 11.6. The van der Waals surface area contributed by atoms with Crippen LogP contribution in [0, 0.1) is 11.3 Å². The van der Waals surface area contributed by atoms with Crippen molar-refractivity contribution in [1.29, 1.82) is 0 Å². The maximum Gasteiger partial charge on any atom is 0.241 e. The molecule has 1 fully saturated rings. The van der Waals surface area contributed by atoms with Gasteiger partial charge in [0.05, 0.1) is 11.7 Å². The number of pyridine rings is 1. The van der Waals surface area contributed by atoms with Gasteiger partial charge >= 0.3 is 0 Å². The Labute approximate surface area is 189 Å². The van der Waals surface area contributed by atoms with Crippen molar-refractivity contribution in [2.45, 2.75) is 71.9 Å². The van der Waals surface area contributed by atoms with Crippen molar-refractivity contribution in [1.82, 2.24) is 19.6 Å². The van der Waals surface area contributed by atoms with Crippen LogP contribution in [0.4, 0.5) is 11.8 Å². The summed E-state index contributed by atoms with van der Waals surface area (Å²) in [5, 5.41) is 8.18. The van der Waals surface area contributed by atoms with E-state index in [1.165, 1.54) is 11.3 Å². The average Bonchev–Trinajstić information content (AvgIpc) is 3.19. The Morgan fingerprint density at radius 2 is 1.94 bits per heavy atom. The van der Waals surface area contributed by atoms with Crippen molar-refractivity contribution in [3.8, 4) is 11.1 Å². The van der Waals surface area contributed by atoms with Crippen molar-refractivity contribution < 1.29 is 0 Å². The summed E-state index contributed by atoms with van der Waals surface area (Å²) in [6.07, 6.45) is 11.0. The number of aromatic nitrogens is 4. The predicted molar refractivity (Wildman–Crippen MR) is 129 cm³/mol. The van der Waals surface area contributed by atoms with Crippen molar-refractivity contribution in [3.05, 3.63) is 36.3 Å². The van der Waals surface area contributed by atoms with Gasteiger partial charge in [0.2, 0.25) is 5.95 Å². The lowest BCUT2D eigenvalue weighted by Crippen LogP contribution is -2.36. The molecule has 0 bridgehead atoms. The Balaban J connectivity index is 1.42. The molecule has 1 aliphatic heterocycles.